The lowest BCUT2D eigenvalue weighted by molar-refractivity contribution is 0.602. The summed E-state index contributed by atoms with van der Waals surface area (Å²) in [4.78, 5) is 1.51. The largest absolute Gasteiger partial charge is 0.224 e. The lowest BCUT2D eigenvalue weighted by Crippen LogP contribution is -1.97. The summed E-state index contributed by atoms with van der Waals surface area (Å²) >= 11 is 1.77. The van der Waals surface area contributed by atoms with Crippen molar-refractivity contribution in [2.24, 2.45) is 0 Å². The molecule has 2 nitrogen and oxygen atoms in total. The fraction of sp³-hybridized carbons (Fsp3) is 0.455. The average molecular weight is 244 g/mol. The molecule has 0 heterocycles. The fourth-order valence-corrected chi connectivity index (χ4v) is 2.64. The monoisotopic (exact) mass is 244 g/mol. The van der Waals surface area contributed by atoms with E-state index in [0.29, 0.717) is 10.1 Å². The Morgan fingerprint density at radius 1 is 1.27 bits per heavy atom. The lowest BCUT2D eigenvalue weighted by Gasteiger charge is -2.08. The van der Waals surface area contributed by atoms with Crippen molar-refractivity contribution >= 4 is 21.6 Å². The molecule has 1 rings (SSSR count). The van der Waals surface area contributed by atoms with Crippen LogP contribution in [0.25, 0.3) is 0 Å². The first-order valence-electron chi connectivity index (χ1n) is 4.90. The molecule has 0 spiro atoms. The highest BCUT2D eigenvalue weighted by Gasteiger charge is 2.07. The standard InChI is InChI=1S/C11H16O2S2/c1-4-9(2)14-10-5-7-11(8-6-10)15(3,12)13/h5-9H,4H2,1-3H3. The van der Waals surface area contributed by atoms with Crippen molar-refractivity contribution in [1.82, 2.24) is 0 Å². The zero-order valence-corrected chi connectivity index (χ0v) is 10.9. The van der Waals surface area contributed by atoms with Crippen LogP contribution in [0.4, 0.5) is 0 Å². The molecule has 0 aliphatic carbocycles. The summed E-state index contributed by atoms with van der Waals surface area (Å²) in [6.07, 6.45) is 2.34. The summed E-state index contributed by atoms with van der Waals surface area (Å²) < 4.78 is 22.4. The second-order valence-electron chi connectivity index (χ2n) is 3.58. The molecule has 0 radical (unpaired) electrons. The number of thioether (sulfide) groups is 1. The van der Waals surface area contributed by atoms with E-state index in [9.17, 15) is 8.42 Å². The minimum Gasteiger partial charge on any atom is -0.224 e. The molecule has 0 fully saturated rings. The van der Waals surface area contributed by atoms with Gasteiger partial charge in [-0.05, 0) is 30.7 Å². The van der Waals surface area contributed by atoms with E-state index in [2.05, 4.69) is 13.8 Å². The summed E-state index contributed by atoms with van der Waals surface area (Å²) in [6, 6.07) is 7.07. The molecule has 4 heteroatoms. The predicted molar refractivity (Wildman–Crippen MR) is 65.2 cm³/mol. The molecule has 1 unspecified atom stereocenters. The molecule has 0 amide bonds. The molecule has 1 atom stereocenters. The van der Waals surface area contributed by atoms with Crippen molar-refractivity contribution < 1.29 is 8.42 Å². The minimum atomic E-state index is -3.06. The number of hydrogen-bond acceptors (Lipinski definition) is 3. The van der Waals surface area contributed by atoms with Gasteiger partial charge >= 0.3 is 0 Å². The third kappa shape index (κ3) is 3.87. The van der Waals surface area contributed by atoms with Gasteiger partial charge in [0.2, 0.25) is 0 Å². The van der Waals surface area contributed by atoms with E-state index in [-0.39, 0.29) is 0 Å². The molecule has 1 aromatic carbocycles. The maximum Gasteiger partial charge on any atom is 0.175 e. The Morgan fingerprint density at radius 3 is 2.20 bits per heavy atom. The first kappa shape index (κ1) is 12.6. The van der Waals surface area contributed by atoms with Crippen molar-refractivity contribution in [3.63, 3.8) is 0 Å². The number of benzene rings is 1. The molecular formula is C11H16O2S2. The highest BCUT2D eigenvalue weighted by Crippen LogP contribution is 2.25. The first-order valence-corrected chi connectivity index (χ1v) is 7.67. The Kier molecular flexibility index (Phi) is 4.22. The van der Waals surface area contributed by atoms with Crippen molar-refractivity contribution in [2.75, 3.05) is 6.26 Å². The smallest absolute Gasteiger partial charge is 0.175 e. The van der Waals surface area contributed by atoms with Crippen molar-refractivity contribution in [2.45, 2.75) is 35.3 Å². The van der Waals surface area contributed by atoms with Crippen LogP contribution in [0.3, 0.4) is 0 Å². The molecule has 15 heavy (non-hydrogen) atoms. The van der Waals surface area contributed by atoms with Crippen molar-refractivity contribution in [1.29, 1.82) is 0 Å². The van der Waals surface area contributed by atoms with Gasteiger partial charge in [0.1, 0.15) is 0 Å². The Bertz CT molecular complexity index is 407. The van der Waals surface area contributed by atoms with Gasteiger partial charge in [0.25, 0.3) is 0 Å². The van der Waals surface area contributed by atoms with Crippen LogP contribution in [0.1, 0.15) is 20.3 Å². The molecule has 0 bridgehead atoms. The third-order valence-electron chi connectivity index (χ3n) is 2.16. The summed E-state index contributed by atoms with van der Waals surface area (Å²) in [5, 5.41) is 0.564. The zero-order chi connectivity index (χ0) is 11.5. The SMILES string of the molecule is CCC(C)Sc1ccc(S(C)(=O)=O)cc1. The van der Waals surface area contributed by atoms with Crippen LogP contribution < -0.4 is 0 Å². The van der Waals surface area contributed by atoms with Gasteiger partial charge in [-0.1, -0.05) is 13.8 Å². The van der Waals surface area contributed by atoms with Gasteiger partial charge in [-0.15, -0.1) is 11.8 Å². The molecule has 0 aromatic heterocycles. The molecule has 0 aliphatic heterocycles. The average Bonchev–Trinajstić information content (AvgIpc) is 2.17. The van der Waals surface area contributed by atoms with E-state index in [1.807, 2.05) is 12.1 Å². The second kappa shape index (κ2) is 5.03. The number of rotatable bonds is 4. The van der Waals surface area contributed by atoms with Crippen LogP contribution in [-0.2, 0) is 9.84 Å². The minimum absolute atomic E-state index is 0.385. The van der Waals surface area contributed by atoms with Crippen LogP contribution in [-0.4, -0.2) is 19.9 Å². The van der Waals surface area contributed by atoms with Crippen LogP contribution >= 0.6 is 11.8 Å². The van der Waals surface area contributed by atoms with Gasteiger partial charge in [0.15, 0.2) is 9.84 Å². The second-order valence-corrected chi connectivity index (χ2v) is 7.11. The maximum atomic E-state index is 11.2. The lowest BCUT2D eigenvalue weighted by atomic mass is 10.4. The molecule has 0 N–H and O–H groups in total. The molecule has 1 aromatic rings. The van der Waals surface area contributed by atoms with E-state index in [1.165, 1.54) is 6.26 Å². The summed E-state index contributed by atoms with van der Waals surface area (Å²) in [5.41, 5.74) is 0. The molecule has 0 saturated carbocycles. The Balaban J connectivity index is 2.82. The summed E-state index contributed by atoms with van der Waals surface area (Å²) in [5.74, 6) is 0. The van der Waals surface area contributed by atoms with E-state index in [1.54, 1.807) is 23.9 Å². The van der Waals surface area contributed by atoms with E-state index < -0.39 is 9.84 Å². The van der Waals surface area contributed by atoms with Gasteiger partial charge in [-0.3, -0.25) is 0 Å². The van der Waals surface area contributed by atoms with Gasteiger partial charge in [-0.2, -0.15) is 0 Å². The van der Waals surface area contributed by atoms with Gasteiger partial charge in [-0.25, -0.2) is 8.42 Å². The Labute approximate surface area is 96.0 Å². The highest BCUT2D eigenvalue weighted by molar-refractivity contribution is 8.00. The van der Waals surface area contributed by atoms with Crippen LogP contribution in [0.5, 0.6) is 0 Å². The summed E-state index contributed by atoms with van der Waals surface area (Å²) in [6.45, 7) is 4.30. The third-order valence-corrected chi connectivity index (χ3v) is 4.57. The topological polar surface area (TPSA) is 34.1 Å². The predicted octanol–water partition coefficient (Wildman–Crippen LogP) is 2.98. The van der Waals surface area contributed by atoms with Crippen LogP contribution in [0.2, 0.25) is 0 Å². The maximum absolute atomic E-state index is 11.2. The molecule has 84 valence electrons. The Morgan fingerprint density at radius 2 is 1.80 bits per heavy atom. The molecule has 0 saturated heterocycles. The normalized spacial score (nSPS) is 13.8. The van der Waals surface area contributed by atoms with E-state index in [0.717, 1.165) is 11.3 Å². The zero-order valence-electron chi connectivity index (χ0n) is 9.23. The summed E-state index contributed by atoms with van der Waals surface area (Å²) in [7, 11) is -3.06. The van der Waals surface area contributed by atoms with Crippen LogP contribution in [0, 0.1) is 0 Å². The van der Waals surface area contributed by atoms with E-state index in [4.69, 9.17) is 0 Å². The van der Waals surface area contributed by atoms with Gasteiger partial charge in [0, 0.05) is 16.4 Å². The quantitative estimate of drug-likeness (QED) is 0.764. The molecule has 0 aliphatic rings. The van der Waals surface area contributed by atoms with E-state index >= 15 is 0 Å². The van der Waals surface area contributed by atoms with Gasteiger partial charge < -0.3 is 0 Å². The fourth-order valence-electron chi connectivity index (χ4n) is 1.08. The van der Waals surface area contributed by atoms with Gasteiger partial charge in [0.05, 0.1) is 4.90 Å². The molecular weight excluding hydrogens is 228 g/mol. The first-order chi connectivity index (χ1) is 6.93. The Hall–Kier alpha value is -0.480. The highest BCUT2D eigenvalue weighted by atomic mass is 32.2. The number of sulfone groups is 1. The van der Waals surface area contributed by atoms with Crippen LogP contribution in [0.15, 0.2) is 34.1 Å². The van der Waals surface area contributed by atoms with Crippen molar-refractivity contribution in [3.05, 3.63) is 24.3 Å². The number of hydrogen-bond donors (Lipinski definition) is 0. The van der Waals surface area contributed by atoms with Crippen molar-refractivity contribution in [3.8, 4) is 0 Å².